The normalized spacial score (nSPS) is 10.9. The predicted octanol–water partition coefficient (Wildman–Crippen LogP) is 3.21. The summed E-state index contributed by atoms with van der Waals surface area (Å²) in [6.45, 7) is -0.764. The lowest BCUT2D eigenvalue weighted by atomic mass is 10.0. The number of hydrogen-bond donors (Lipinski definition) is 2. The van der Waals surface area contributed by atoms with E-state index < -0.39 is 6.61 Å². The number of nitrogens with zero attached hydrogens (tertiary/aromatic N) is 1. The molecule has 0 saturated carbocycles. The minimum absolute atomic E-state index is 0.128. The Hall–Kier alpha value is -2.11. The van der Waals surface area contributed by atoms with Crippen molar-refractivity contribution in [1.29, 1.82) is 0 Å². The van der Waals surface area contributed by atoms with Crippen molar-refractivity contribution >= 4 is 5.82 Å². The first kappa shape index (κ1) is 13.3. The summed E-state index contributed by atoms with van der Waals surface area (Å²) in [5.41, 5.74) is 8.41. The van der Waals surface area contributed by atoms with E-state index in [0.29, 0.717) is 5.82 Å². The van der Waals surface area contributed by atoms with Crippen molar-refractivity contribution in [3.63, 3.8) is 0 Å². The highest BCUT2D eigenvalue weighted by molar-refractivity contribution is 5.68. The molecule has 0 radical (unpaired) electrons. The number of anilines is 1. The van der Waals surface area contributed by atoms with Crippen LogP contribution in [0.1, 0.15) is 18.9 Å². The van der Waals surface area contributed by atoms with E-state index in [1.54, 1.807) is 12.1 Å². The average molecular weight is 267 g/mol. The SMILES string of the molecule is CCCc1c(N)n[nH]c1-c1ccc(OC(F)F)cc1. The van der Waals surface area contributed by atoms with Gasteiger partial charge < -0.3 is 10.5 Å². The quantitative estimate of drug-likeness (QED) is 0.874. The van der Waals surface area contributed by atoms with Crippen LogP contribution in [0.5, 0.6) is 5.75 Å². The highest BCUT2D eigenvalue weighted by atomic mass is 19.3. The van der Waals surface area contributed by atoms with E-state index in [1.807, 2.05) is 0 Å². The van der Waals surface area contributed by atoms with Gasteiger partial charge in [0.15, 0.2) is 0 Å². The van der Waals surface area contributed by atoms with Crippen LogP contribution in [0.2, 0.25) is 0 Å². The molecule has 1 heterocycles. The van der Waals surface area contributed by atoms with Gasteiger partial charge in [-0.05, 0) is 30.7 Å². The van der Waals surface area contributed by atoms with E-state index in [1.165, 1.54) is 12.1 Å². The molecule has 0 atom stereocenters. The lowest BCUT2D eigenvalue weighted by molar-refractivity contribution is -0.0498. The number of alkyl halides is 2. The van der Waals surface area contributed by atoms with Crippen LogP contribution in [0.15, 0.2) is 24.3 Å². The maximum absolute atomic E-state index is 12.1. The number of nitrogens with one attached hydrogen (secondary N) is 1. The lowest BCUT2D eigenvalue weighted by Crippen LogP contribution is -2.01. The van der Waals surface area contributed by atoms with E-state index in [9.17, 15) is 8.78 Å². The Morgan fingerprint density at radius 1 is 1.32 bits per heavy atom. The van der Waals surface area contributed by atoms with Gasteiger partial charge in [-0.1, -0.05) is 13.3 Å². The molecule has 3 N–H and O–H groups in total. The third-order valence-electron chi connectivity index (χ3n) is 2.77. The number of hydrogen-bond acceptors (Lipinski definition) is 3. The molecule has 4 nitrogen and oxygen atoms in total. The Morgan fingerprint density at radius 3 is 2.58 bits per heavy atom. The molecule has 0 amide bonds. The van der Waals surface area contributed by atoms with E-state index in [-0.39, 0.29) is 5.75 Å². The minimum Gasteiger partial charge on any atom is -0.435 e. The van der Waals surface area contributed by atoms with E-state index in [2.05, 4.69) is 21.9 Å². The second-order valence-electron chi connectivity index (χ2n) is 4.12. The summed E-state index contributed by atoms with van der Waals surface area (Å²) in [6.07, 6.45) is 1.76. The maximum Gasteiger partial charge on any atom is 0.387 e. The summed E-state index contributed by atoms with van der Waals surface area (Å²) < 4.78 is 28.4. The molecule has 6 heteroatoms. The fourth-order valence-electron chi connectivity index (χ4n) is 1.92. The van der Waals surface area contributed by atoms with Gasteiger partial charge in [-0.15, -0.1) is 0 Å². The first-order valence-corrected chi connectivity index (χ1v) is 5.99. The number of H-pyrrole nitrogens is 1. The zero-order valence-corrected chi connectivity index (χ0v) is 10.5. The molecule has 0 aliphatic rings. The molecule has 0 aliphatic heterocycles. The monoisotopic (exact) mass is 267 g/mol. The fraction of sp³-hybridized carbons (Fsp3) is 0.308. The van der Waals surface area contributed by atoms with E-state index in [4.69, 9.17) is 5.73 Å². The number of nitrogens with two attached hydrogens (primary N) is 1. The number of halogens is 2. The molecule has 0 fully saturated rings. The van der Waals surface area contributed by atoms with Crippen LogP contribution >= 0.6 is 0 Å². The van der Waals surface area contributed by atoms with E-state index in [0.717, 1.165) is 29.7 Å². The number of aromatic nitrogens is 2. The molecule has 1 aromatic heterocycles. The highest BCUT2D eigenvalue weighted by Gasteiger charge is 2.12. The van der Waals surface area contributed by atoms with Crippen LogP contribution in [0.3, 0.4) is 0 Å². The van der Waals surface area contributed by atoms with Gasteiger partial charge in [-0.25, -0.2) is 0 Å². The molecule has 2 aromatic rings. The van der Waals surface area contributed by atoms with Crippen molar-refractivity contribution in [1.82, 2.24) is 10.2 Å². The molecule has 0 saturated heterocycles. The maximum atomic E-state index is 12.1. The Kier molecular flexibility index (Phi) is 3.99. The van der Waals surface area contributed by atoms with Crippen LogP contribution in [-0.2, 0) is 6.42 Å². The van der Waals surface area contributed by atoms with Crippen molar-refractivity contribution in [3.05, 3.63) is 29.8 Å². The Morgan fingerprint density at radius 2 is 2.00 bits per heavy atom. The van der Waals surface area contributed by atoms with Crippen molar-refractivity contribution < 1.29 is 13.5 Å². The first-order valence-electron chi connectivity index (χ1n) is 5.99. The number of benzene rings is 1. The molecule has 0 bridgehead atoms. The third-order valence-corrected chi connectivity index (χ3v) is 2.77. The second kappa shape index (κ2) is 5.69. The van der Waals surface area contributed by atoms with Crippen molar-refractivity contribution in [2.24, 2.45) is 0 Å². The molecule has 0 aliphatic carbocycles. The van der Waals surface area contributed by atoms with Gasteiger partial charge in [0.1, 0.15) is 11.6 Å². The van der Waals surface area contributed by atoms with Gasteiger partial charge in [0.2, 0.25) is 0 Å². The summed E-state index contributed by atoms with van der Waals surface area (Å²) in [5, 5.41) is 6.86. The Balaban J connectivity index is 2.27. The second-order valence-corrected chi connectivity index (χ2v) is 4.12. The molecule has 0 spiro atoms. The number of aromatic amines is 1. The van der Waals surface area contributed by atoms with Crippen molar-refractivity contribution in [2.75, 3.05) is 5.73 Å². The van der Waals surface area contributed by atoms with Crippen LogP contribution in [0, 0.1) is 0 Å². The fourth-order valence-corrected chi connectivity index (χ4v) is 1.92. The Labute approximate surface area is 109 Å². The van der Waals surface area contributed by atoms with Gasteiger partial charge in [0.05, 0.1) is 5.69 Å². The van der Waals surface area contributed by atoms with Gasteiger partial charge in [0, 0.05) is 11.1 Å². The number of nitrogen functional groups attached to an aromatic ring is 1. The zero-order valence-electron chi connectivity index (χ0n) is 10.5. The molecular weight excluding hydrogens is 252 g/mol. The summed E-state index contributed by atoms with van der Waals surface area (Å²) in [5.74, 6) is 0.605. The van der Waals surface area contributed by atoms with Gasteiger partial charge in [-0.3, -0.25) is 5.10 Å². The molecule has 102 valence electrons. The van der Waals surface area contributed by atoms with Crippen LogP contribution in [0.25, 0.3) is 11.3 Å². The minimum atomic E-state index is -2.82. The van der Waals surface area contributed by atoms with Crippen molar-refractivity contribution in [2.45, 2.75) is 26.4 Å². The van der Waals surface area contributed by atoms with Crippen LogP contribution in [0.4, 0.5) is 14.6 Å². The lowest BCUT2D eigenvalue weighted by Gasteiger charge is -2.06. The summed E-state index contributed by atoms with van der Waals surface area (Å²) in [6, 6.07) is 6.39. The van der Waals surface area contributed by atoms with Gasteiger partial charge >= 0.3 is 6.61 Å². The summed E-state index contributed by atoms with van der Waals surface area (Å²) in [4.78, 5) is 0. The third kappa shape index (κ3) is 3.01. The van der Waals surface area contributed by atoms with Crippen molar-refractivity contribution in [3.8, 4) is 17.0 Å². The van der Waals surface area contributed by atoms with Gasteiger partial charge in [-0.2, -0.15) is 13.9 Å². The Bertz CT molecular complexity index is 537. The topological polar surface area (TPSA) is 63.9 Å². The predicted molar refractivity (Wildman–Crippen MR) is 69.1 cm³/mol. The standard InChI is InChI=1S/C13H15F2N3O/c1-2-3-10-11(17-18-12(10)16)8-4-6-9(7-5-8)19-13(14)15/h4-7,13H,2-3H2,1H3,(H3,16,17,18). The van der Waals surface area contributed by atoms with Gasteiger partial charge in [0.25, 0.3) is 0 Å². The molecule has 19 heavy (non-hydrogen) atoms. The van der Waals surface area contributed by atoms with E-state index >= 15 is 0 Å². The molecular formula is C13H15F2N3O. The molecule has 2 rings (SSSR count). The van der Waals surface area contributed by atoms with Crippen LogP contribution < -0.4 is 10.5 Å². The first-order chi connectivity index (χ1) is 9.11. The zero-order chi connectivity index (χ0) is 13.8. The van der Waals surface area contributed by atoms with Crippen LogP contribution in [-0.4, -0.2) is 16.8 Å². The average Bonchev–Trinajstić information content (AvgIpc) is 2.72. The summed E-state index contributed by atoms with van der Waals surface area (Å²) in [7, 11) is 0. The largest absolute Gasteiger partial charge is 0.435 e. The number of rotatable bonds is 5. The number of ether oxygens (including phenoxy) is 1. The molecule has 0 unspecified atom stereocenters. The summed E-state index contributed by atoms with van der Waals surface area (Å²) >= 11 is 0. The smallest absolute Gasteiger partial charge is 0.387 e. The molecule has 1 aromatic carbocycles. The highest BCUT2D eigenvalue weighted by Crippen LogP contribution is 2.28.